The Hall–Kier alpha value is 0.0500. The molecule has 0 spiro atoms. The van der Waals surface area contributed by atoms with Gasteiger partial charge in [0.2, 0.25) is 10.0 Å². The predicted octanol–water partition coefficient (Wildman–Crippen LogP) is 2.78. The number of hydrogen-bond donors (Lipinski definition) is 1. The van der Waals surface area contributed by atoms with Crippen molar-refractivity contribution in [1.29, 1.82) is 0 Å². The highest BCUT2D eigenvalue weighted by Crippen LogP contribution is 2.36. The van der Waals surface area contributed by atoms with Crippen LogP contribution in [0.5, 0.6) is 0 Å². The van der Waals surface area contributed by atoms with Crippen molar-refractivity contribution < 1.29 is 8.42 Å². The van der Waals surface area contributed by atoms with Crippen molar-refractivity contribution in [2.45, 2.75) is 44.2 Å². The summed E-state index contributed by atoms with van der Waals surface area (Å²) >= 11 is 4.75. The number of rotatable bonds is 3. The van der Waals surface area contributed by atoms with E-state index in [2.05, 4.69) is 22.9 Å². The van der Waals surface area contributed by atoms with E-state index >= 15 is 0 Å². The third kappa shape index (κ3) is 3.05. The first-order chi connectivity index (χ1) is 8.86. The second kappa shape index (κ2) is 5.81. The van der Waals surface area contributed by atoms with Crippen molar-refractivity contribution in [3.05, 3.63) is 14.7 Å². The van der Waals surface area contributed by atoms with E-state index in [0.29, 0.717) is 27.7 Å². The van der Waals surface area contributed by atoms with Gasteiger partial charge < -0.3 is 5.73 Å². The van der Waals surface area contributed by atoms with Gasteiger partial charge in [0.05, 0.1) is 3.79 Å². The summed E-state index contributed by atoms with van der Waals surface area (Å²) in [5.41, 5.74) is 5.58. The molecule has 0 amide bonds. The largest absolute Gasteiger partial charge is 0.326 e. The first-order valence-corrected chi connectivity index (χ1v) is 9.41. The second-order valence-electron chi connectivity index (χ2n) is 5.16. The van der Waals surface area contributed by atoms with Crippen LogP contribution in [-0.2, 0) is 16.6 Å². The van der Waals surface area contributed by atoms with Gasteiger partial charge in [0, 0.05) is 24.0 Å². The molecule has 1 saturated heterocycles. The lowest BCUT2D eigenvalue weighted by atomic mass is 9.97. The second-order valence-corrected chi connectivity index (χ2v) is 9.47. The molecule has 2 rings (SSSR count). The molecule has 4 nitrogen and oxygen atoms in total. The van der Waals surface area contributed by atoms with E-state index < -0.39 is 10.0 Å². The van der Waals surface area contributed by atoms with E-state index in [1.165, 1.54) is 11.3 Å². The lowest BCUT2D eigenvalue weighted by Gasteiger charge is -2.35. The average molecular weight is 367 g/mol. The summed E-state index contributed by atoms with van der Waals surface area (Å²) in [4.78, 5) is 1.24. The molecule has 1 aromatic rings. The van der Waals surface area contributed by atoms with Gasteiger partial charge in [0.25, 0.3) is 0 Å². The first kappa shape index (κ1) is 15.4. The number of nitrogens with zero attached hydrogens (tertiary/aromatic N) is 1. The molecule has 2 unspecified atom stereocenters. The molecule has 0 aromatic carbocycles. The molecule has 2 heterocycles. The van der Waals surface area contributed by atoms with Gasteiger partial charge in [0.1, 0.15) is 4.90 Å². The Kier molecular flexibility index (Phi) is 4.72. The number of halogens is 1. The minimum Gasteiger partial charge on any atom is -0.326 e. The predicted molar refractivity (Wildman–Crippen MR) is 81.7 cm³/mol. The fourth-order valence-electron chi connectivity index (χ4n) is 2.38. The van der Waals surface area contributed by atoms with Gasteiger partial charge in [0.15, 0.2) is 0 Å². The first-order valence-electron chi connectivity index (χ1n) is 6.36. The van der Waals surface area contributed by atoms with Gasteiger partial charge in [-0.1, -0.05) is 6.92 Å². The van der Waals surface area contributed by atoms with E-state index in [0.717, 1.165) is 17.7 Å². The summed E-state index contributed by atoms with van der Waals surface area (Å²) in [6.07, 6.45) is 2.01. The summed E-state index contributed by atoms with van der Waals surface area (Å²) in [5, 5.41) is 0. The molecule has 7 heteroatoms. The molecule has 0 aliphatic carbocycles. The van der Waals surface area contributed by atoms with Crippen molar-refractivity contribution in [2.75, 3.05) is 6.54 Å². The molecule has 1 aliphatic rings. The Balaban J connectivity index is 2.37. The lowest BCUT2D eigenvalue weighted by Crippen LogP contribution is -2.44. The van der Waals surface area contributed by atoms with E-state index in [1.807, 2.05) is 6.92 Å². The zero-order valence-electron chi connectivity index (χ0n) is 11.1. The smallest absolute Gasteiger partial charge is 0.245 e. The van der Waals surface area contributed by atoms with Gasteiger partial charge in [-0.3, -0.25) is 0 Å². The maximum Gasteiger partial charge on any atom is 0.245 e. The third-order valence-electron chi connectivity index (χ3n) is 3.55. The number of thiophene rings is 1. The maximum atomic E-state index is 12.8. The molecule has 2 N–H and O–H groups in total. The number of piperidine rings is 1. The quantitative estimate of drug-likeness (QED) is 0.894. The Bertz CT molecular complexity index is 556. The Morgan fingerprint density at radius 3 is 2.74 bits per heavy atom. The maximum absolute atomic E-state index is 12.8. The molecule has 108 valence electrons. The van der Waals surface area contributed by atoms with Gasteiger partial charge >= 0.3 is 0 Å². The van der Waals surface area contributed by atoms with Crippen LogP contribution in [0.2, 0.25) is 0 Å². The normalized spacial score (nSPS) is 25.7. The summed E-state index contributed by atoms with van der Waals surface area (Å²) in [6, 6.07) is 1.75. The van der Waals surface area contributed by atoms with Crippen LogP contribution in [0, 0.1) is 5.92 Å². The minimum atomic E-state index is -3.42. The van der Waals surface area contributed by atoms with Crippen molar-refractivity contribution >= 4 is 37.3 Å². The van der Waals surface area contributed by atoms with Crippen molar-refractivity contribution in [1.82, 2.24) is 4.31 Å². The summed E-state index contributed by atoms with van der Waals surface area (Å²) in [5.74, 6) is 0.414. The zero-order valence-corrected chi connectivity index (χ0v) is 14.3. The van der Waals surface area contributed by atoms with Gasteiger partial charge in [-0.05, 0) is 47.7 Å². The number of hydrogen-bond acceptors (Lipinski definition) is 4. The Morgan fingerprint density at radius 2 is 2.16 bits per heavy atom. The minimum absolute atomic E-state index is 0.0642. The molecule has 19 heavy (non-hydrogen) atoms. The standard InChI is InChI=1S/C12H19BrN2O2S2/c1-8-3-4-9(2)15(7-8)19(16,17)11-5-10(6-14)18-12(11)13/h5,8-9H,3-4,6-7,14H2,1-2H3. The summed E-state index contributed by atoms with van der Waals surface area (Å²) in [6.45, 7) is 5.05. The Labute approximate surface area is 127 Å². The fourth-order valence-corrected chi connectivity index (χ4v) is 6.68. The molecule has 1 aliphatic heterocycles. The van der Waals surface area contributed by atoms with Crippen molar-refractivity contribution in [2.24, 2.45) is 11.7 Å². The van der Waals surface area contributed by atoms with Crippen LogP contribution in [0.1, 0.15) is 31.6 Å². The van der Waals surface area contributed by atoms with Crippen LogP contribution in [0.15, 0.2) is 14.7 Å². The third-order valence-corrected chi connectivity index (χ3v) is 7.81. The van der Waals surface area contributed by atoms with Crippen LogP contribution < -0.4 is 5.73 Å². The van der Waals surface area contributed by atoms with Gasteiger partial charge in [-0.15, -0.1) is 11.3 Å². The van der Waals surface area contributed by atoms with Crippen LogP contribution in [0.25, 0.3) is 0 Å². The highest BCUT2D eigenvalue weighted by atomic mass is 79.9. The van der Waals surface area contributed by atoms with E-state index in [4.69, 9.17) is 5.73 Å². The summed E-state index contributed by atoms with van der Waals surface area (Å²) < 4.78 is 27.8. The van der Waals surface area contributed by atoms with Crippen LogP contribution in [-0.4, -0.2) is 25.3 Å². The molecular weight excluding hydrogens is 348 g/mol. The Morgan fingerprint density at radius 1 is 1.47 bits per heavy atom. The van der Waals surface area contributed by atoms with E-state index in [1.54, 1.807) is 10.4 Å². The molecule has 1 fully saturated rings. The molecule has 0 radical (unpaired) electrons. The highest BCUT2D eigenvalue weighted by molar-refractivity contribution is 9.11. The highest BCUT2D eigenvalue weighted by Gasteiger charge is 2.35. The SMILES string of the molecule is CC1CCC(C)N(S(=O)(=O)c2cc(CN)sc2Br)C1. The lowest BCUT2D eigenvalue weighted by molar-refractivity contribution is 0.218. The summed E-state index contributed by atoms with van der Waals surface area (Å²) in [7, 11) is -3.42. The van der Waals surface area contributed by atoms with Gasteiger partial charge in [-0.2, -0.15) is 4.31 Å². The van der Waals surface area contributed by atoms with Crippen molar-refractivity contribution in [3.63, 3.8) is 0 Å². The molecule has 0 saturated carbocycles. The monoisotopic (exact) mass is 366 g/mol. The molecular formula is C12H19BrN2O2S2. The molecule has 2 atom stereocenters. The van der Waals surface area contributed by atoms with Gasteiger partial charge in [-0.25, -0.2) is 8.42 Å². The van der Waals surface area contributed by atoms with Crippen molar-refractivity contribution in [3.8, 4) is 0 Å². The fraction of sp³-hybridized carbons (Fsp3) is 0.667. The van der Waals surface area contributed by atoms with Crippen LogP contribution in [0.3, 0.4) is 0 Å². The zero-order chi connectivity index (χ0) is 14.2. The molecule has 0 bridgehead atoms. The number of sulfonamides is 1. The topological polar surface area (TPSA) is 63.4 Å². The van der Waals surface area contributed by atoms with Crippen LogP contribution in [0.4, 0.5) is 0 Å². The number of nitrogens with two attached hydrogens (primary N) is 1. The van der Waals surface area contributed by atoms with E-state index in [-0.39, 0.29) is 6.04 Å². The average Bonchev–Trinajstić information content (AvgIpc) is 2.74. The van der Waals surface area contributed by atoms with Crippen LogP contribution >= 0.6 is 27.3 Å². The molecule has 1 aromatic heterocycles. The van der Waals surface area contributed by atoms with E-state index in [9.17, 15) is 8.42 Å².